The Hall–Kier alpha value is -1.84. The van der Waals surface area contributed by atoms with Crippen molar-refractivity contribution in [3.8, 4) is 0 Å². The number of aryl methyl sites for hydroxylation is 3. The van der Waals surface area contributed by atoms with Gasteiger partial charge >= 0.3 is 0 Å². The zero-order valence-corrected chi connectivity index (χ0v) is 15.3. The largest absolute Gasteiger partial charge is 0.859 e. The van der Waals surface area contributed by atoms with E-state index in [1.54, 1.807) is 30.5 Å². The molecule has 0 aliphatic heterocycles. The number of hydrogen-bond donors (Lipinski definition) is 1. The molecular formula is C15H18BrN3O4S. The van der Waals surface area contributed by atoms with Crippen LogP contribution in [0.1, 0.15) is 11.1 Å². The molecule has 0 bridgehead atoms. The van der Waals surface area contributed by atoms with Crippen molar-refractivity contribution in [1.29, 1.82) is 5.41 Å². The third-order valence-electron chi connectivity index (χ3n) is 3.34. The van der Waals surface area contributed by atoms with Gasteiger partial charge in [-0.3, -0.25) is 0 Å². The van der Waals surface area contributed by atoms with E-state index in [9.17, 15) is 18.1 Å². The lowest BCUT2D eigenvalue weighted by Gasteiger charge is -2.06. The van der Waals surface area contributed by atoms with Crippen LogP contribution < -0.4 is 14.2 Å². The average molecular weight is 416 g/mol. The smallest absolute Gasteiger partial charge is 0.206 e. The Balaban J connectivity index is 0.00000288. The summed E-state index contributed by atoms with van der Waals surface area (Å²) >= 11 is 0. The van der Waals surface area contributed by atoms with Crippen molar-refractivity contribution in [3.05, 3.63) is 60.2 Å². The molecule has 2 heterocycles. The summed E-state index contributed by atoms with van der Waals surface area (Å²) in [5, 5.41) is 18.1. The first-order valence-electron chi connectivity index (χ1n) is 7.00. The number of pyridine rings is 2. The Labute approximate surface area is 151 Å². The van der Waals surface area contributed by atoms with Crippen LogP contribution in [0.2, 0.25) is 0 Å². The van der Waals surface area contributed by atoms with Gasteiger partial charge in [-0.25, -0.2) is 8.42 Å². The van der Waals surface area contributed by atoms with Crippen molar-refractivity contribution in [2.24, 2.45) is 0 Å². The standard InChI is InChI=1S/C15H17N3O4S.BrH/c16-15(19)14-2-1-6-18(12-14)10-9-17-7-3-13(4-8-17)5-11-23(20,21)22;/h1-4,6-8,12H,5,9-11H2,(H-2,16,19,20,21,22);1H. The highest BCUT2D eigenvalue weighted by Crippen LogP contribution is 1.99. The molecule has 7 nitrogen and oxygen atoms in total. The van der Waals surface area contributed by atoms with Gasteiger partial charge in [-0.2, -0.15) is 9.13 Å². The van der Waals surface area contributed by atoms with Gasteiger partial charge in [0.05, 0.1) is 10.1 Å². The number of rotatable bonds is 7. The van der Waals surface area contributed by atoms with E-state index in [1.807, 2.05) is 27.7 Å². The normalized spacial score (nSPS) is 10.9. The molecule has 0 radical (unpaired) electrons. The number of hydrogen-bond acceptors (Lipinski definition) is 5. The van der Waals surface area contributed by atoms with Gasteiger partial charge in [0.15, 0.2) is 24.8 Å². The molecule has 130 valence electrons. The number of nitrogens with zero attached hydrogens (tertiary/aromatic N) is 2. The molecule has 1 N–H and O–H groups in total. The van der Waals surface area contributed by atoms with Crippen LogP contribution in [0.25, 0.3) is 0 Å². The van der Waals surface area contributed by atoms with Gasteiger partial charge in [0.25, 0.3) is 0 Å². The zero-order chi connectivity index (χ0) is 16.9. The third-order valence-corrected chi connectivity index (χ3v) is 4.04. The van der Waals surface area contributed by atoms with Crippen LogP contribution in [0, 0.1) is 5.41 Å². The Morgan fingerprint density at radius 1 is 1.08 bits per heavy atom. The number of halogens is 1. The Kier molecular flexibility index (Phi) is 7.46. The molecule has 0 unspecified atom stereocenters. The van der Waals surface area contributed by atoms with Gasteiger partial charge in [-0.15, -0.1) is 17.0 Å². The van der Waals surface area contributed by atoms with Gasteiger partial charge in [0, 0.05) is 29.5 Å². The van der Waals surface area contributed by atoms with E-state index in [0.717, 1.165) is 5.56 Å². The minimum atomic E-state index is -4.19. The molecule has 2 aromatic heterocycles. The van der Waals surface area contributed by atoms with Gasteiger partial charge in [-0.05, 0) is 23.9 Å². The van der Waals surface area contributed by atoms with Gasteiger partial charge in [-0.1, -0.05) is 0 Å². The molecule has 0 aliphatic carbocycles. The molecule has 0 aromatic carbocycles. The molecule has 0 amide bonds. The van der Waals surface area contributed by atoms with Crippen molar-refractivity contribution in [2.75, 3.05) is 5.75 Å². The lowest BCUT2D eigenvalue weighted by Crippen LogP contribution is -2.44. The minimum absolute atomic E-state index is 0. The van der Waals surface area contributed by atoms with Crippen molar-refractivity contribution in [2.45, 2.75) is 19.5 Å². The maximum absolute atomic E-state index is 11.0. The Bertz CT molecular complexity index is 795. The molecule has 0 atom stereocenters. The van der Waals surface area contributed by atoms with Crippen LogP contribution in [0.15, 0.2) is 49.1 Å². The van der Waals surface area contributed by atoms with Crippen molar-refractivity contribution in [1.82, 2.24) is 0 Å². The van der Waals surface area contributed by atoms with Gasteiger partial charge < -0.3 is 15.1 Å². The first-order valence-corrected chi connectivity index (χ1v) is 8.58. The number of nitrogens with one attached hydrogen (secondary N) is 1. The molecule has 0 fully saturated rings. The summed E-state index contributed by atoms with van der Waals surface area (Å²) in [6, 6.07) is 6.87. The highest BCUT2D eigenvalue weighted by atomic mass is 79.9. The average Bonchev–Trinajstić information content (AvgIpc) is 2.51. The highest BCUT2D eigenvalue weighted by Gasteiger charge is 2.08. The predicted octanol–water partition coefficient (Wildman–Crippen LogP) is -0.687. The van der Waals surface area contributed by atoms with E-state index >= 15 is 0 Å². The van der Waals surface area contributed by atoms with Gasteiger partial charge in [0.1, 0.15) is 0 Å². The highest BCUT2D eigenvalue weighted by molar-refractivity contribution is 8.93. The molecule has 2 rings (SSSR count). The Morgan fingerprint density at radius 2 is 1.71 bits per heavy atom. The second-order valence-corrected chi connectivity index (χ2v) is 6.64. The molecule has 0 saturated heterocycles. The zero-order valence-electron chi connectivity index (χ0n) is 12.8. The SMILES string of the molecule is Br.N=C([O-])c1ccc[n+](CC[n+]2ccc(CCS(=O)(=O)[O-])cc2)c1. The van der Waals surface area contributed by atoms with E-state index in [-0.39, 0.29) is 23.4 Å². The molecule has 24 heavy (non-hydrogen) atoms. The second-order valence-electron chi connectivity index (χ2n) is 5.12. The van der Waals surface area contributed by atoms with Crippen LogP contribution in [-0.2, 0) is 29.6 Å². The van der Waals surface area contributed by atoms with Crippen LogP contribution >= 0.6 is 17.0 Å². The van der Waals surface area contributed by atoms with Crippen LogP contribution in [0.3, 0.4) is 0 Å². The van der Waals surface area contributed by atoms with Crippen LogP contribution in [0.4, 0.5) is 0 Å². The maximum Gasteiger partial charge on any atom is 0.206 e. The molecule has 0 spiro atoms. The van der Waals surface area contributed by atoms with E-state index in [2.05, 4.69) is 0 Å². The lowest BCUT2D eigenvalue weighted by atomic mass is 10.2. The second kappa shape index (κ2) is 8.86. The fourth-order valence-electron chi connectivity index (χ4n) is 2.07. The first kappa shape index (κ1) is 20.2. The van der Waals surface area contributed by atoms with Crippen molar-refractivity contribution < 1.29 is 27.2 Å². The predicted molar refractivity (Wildman–Crippen MR) is 88.7 cm³/mol. The monoisotopic (exact) mass is 415 g/mol. The molecule has 2 aromatic rings. The summed E-state index contributed by atoms with van der Waals surface area (Å²) in [4.78, 5) is 0. The quantitative estimate of drug-likeness (QED) is 0.279. The molecule has 0 aliphatic rings. The van der Waals surface area contributed by atoms with Gasteiger partial charge in [0.2, 0.25) is 13.1 Å². The van der Waals surface area contributed by atoms with E-state index in [1.165, 1.54) is 0 Å². The van der Waals surface area contributed by atoms with Crippen LogP contribution in [-0.4, -0.2) is 24.6 Å². The summed E-state index contributed by atoms with van der Waals surface area (Å²) in [6.07, 6.45) is 7.28. The molecule has 0 saturated carbocycles. The fraction of sp³-hybridized carbons (Fsp3) is 0.267. The summed E-state index contributed by atoms with van der Waals surface area (Å²) in [7, 11) is -4.19. The lowest BCUT2D eigenvalue weighted by molar-refractivity contribution is -0.778. The summed E-state index contributed by atoms with van der Waals surface area (Å²) in [6.45, 7) is 1.28. The minimum Gasteiger partial charge on any atom is -0.859 e. The maximum atomic E-state index is 11.0. The molecule has 9 heteroatoms. The van der Waals surface area contributed by atoms with E-state index in [4.69, 9.17) is 5.41 Å². The Morgan fingerprint density at radius 3 is 2.29 bits per heavy atom. The molecular weight excluding hydrogens is 398 g/mol. The third kappa shape index (κ3) is 6.73. The van der Waals surface area contributed by atoms with Crippen molar-refractivity contribution in [3.63, 3.8) is 0 Å². The van der Waals surface area contributed by atoms with Crippen LogP contribution in [0.5, 0.6) is 0 Å². The van der Waals surface area contributed by atoms with Crippen molar-refractivity contribution >= 4 is 33.0 Å². The summed E-state index contributed by atoms with van der Waals surface area (Å²) < 4.78 is 35.6. The van der Waals surface area contributed by atoms with E-state index < -0.39 is 21.8 Å². The fourth-order valence-corrected chi connectivity index (χ4v) is 2.56. The van der Waals surface area contributed by atoms with E-state index in [0.29, 0.717) is 18.7 Å². The summed E-state index contributed by atoms with van der Waals surface area (Å²) in [5.74, 6) is -1.12. The summed E-state index contributed by atoms with van der Waals surface area (Å²) in [5.41, 5.74) is 1.13. The number of aromatic nitrogens is 2. The first-order chi connectivity index (χ1) is 10.8. The topological polar surface area (TPSA) is 112 Å².